The maximum absolute atomic E-state index is 12.1. The zero-order chi connectivity index (χ0) is 22.6. The summed E-state index contributed by atoms with van der Waals surface area (Å²) in [4.78, 5) is 19.0. The van der Waals surface area contributed by atoms with Gasteiger partial charge in [0.25, 0.3) is 0 Å². The number of aliphatic imine (C=N–C) groups is 1. The molecule has 0 bridgehead atoms. The van der Waals surface area contributed by atoms with Crippen LogP contribution in [0.4, 0.5) is 0 Å². The number of carbonyl (C=O) groups is 1. The van der Waals surface area contributed by atoms with Gasteiger partial charge in [-0.05, 0) is 49.2 Å². The molecule has 0 aliphatic carbocycles. The molecule has 7 nitrogen and oxygen atoms in total. The van der Waals surface area contributed by atoms with Crippen LogP contribution in [0.2, 0.25) is 0 Å². The van der Waals surface area contributed by atoms with Gasteiger partial charge in [0.1, 0.15) is 5.75 Å². The highest BCUT2D eigenvalue weighted by Gasteiger charge is 2.24. The molecule has 3 rings (SSSR count). The number of hydrogen-bond acceptors (Lipinski definition) is 4. The summed E-state index contributed by atoms with van der Waals surface area (Å²) in [5, 5.41) is 9.64. The topological polar surface area (TPSA) is 78.0 Å². The Kier molecular flexibility index (Phi) is 9.37. The molecule has 1 fully saturated rings. The largest absolute Gasteiger partial charge is 0.497 e. The van der Waals surface area contributed by atoms with Crippen molar-refractivity contribution in [2.75, 3.05) is 40.3 Å². The van der Waals surface area contributed by atoms with E-state index in [1.165, 1.54) is 18.4 Å². The van der Waals surface area contributed by atoms with E-state index < -0.39 is 0 Å². The van der Waals surface area contributed by atoms with Crippen molar-refractivity contribution in [2.45, 2.75) is 31.8 Å². The molecular weight excluding hydrogens is 402 g/mol. The van der Waals surface area contributed by atoms with Gasteiger partial charge in [0.2, 0.25) is 5.91 Å². The first-order valence-electron chi connectivity index (χ1n) is 11.3. The number of benzene rings is 2. The summed E-state index contributed by atoms with van der Waals surface area (Å²) in [6.07, 6.45) is 2.84. The average molecular weight is 438 g/mol. The molecule has 2 aromatic carbocycles. The van der Waals surface area contributed by atoms with E-state index in [-0.39, 0.29) is 11.9 Å². The molecular formula is C25H35N5O2. The summed E-state index contributed by atoms with van der Waals surface area (Å²) in [5.74, 6) is 1.59. The lowest BCUT2D eigenvalue weighted by Crippen LogP contribution is -2.43. The Morgan fingerprint density at radius 2 is 1.84 bits per heavy atom. The van der Waals surface area contributed by atoms with E-state index in [0.717, 1.165) is 30.9 Å². The second-order valence-corrected chi connectivity index (χ2v) is 7.93. The fourth-order valence-corrected chi connectivity index (χ4v) is 3.95. The Morgan fingerprint density at radius 1 is 1.06 bits per heavy atom. The highest BCUT2D eigenvalue weighted by molar-refractivity contribution is 5.81. The van der Waals surface area contributed by atoms with Crippen molar-refractivity contribution in [2.24, 2.45) is 4.99 Å². The SMILES string of the molecule is CN=C(NCCC(=O)NCc1ccccc1)NCC(c1cccc(OC)c1)N1CCCC1. The minimum Gasteiger partial charge on any atom is -0.497 e. The number of methoxy groups -OCH3 is 1. The van der Waals surface area contributed by atoms with E-state index in [9.17, 15) is 4.79 Å². The molecule has 0 spiro atoms. The van der Waals surface area contributed by atoms with Crippen molar-refractivity contribution in [3.63, 3.8) is 0 Å². The Hall–Kier alpha value is -3.06. The first kappa shape index (κ1) is 23.6. The van der Waals surface area contributed by atoms with E-state index >= 15 is 0 Å². The van der Waals surface area contributed by atoms with Gasteiger partial charge in [-0.2, -0.15) is 0 Å². The van der Waals surface area contributed by atoms with Gasteiger partial charge in [0, 0.05) is 33.1 Å². The van der Waals surface area contributed by atoms with Crippen LogP contribution in [0.25, 0.3) is 0 Å². The summed E-state index contributed by atoms with van der Waals surface area (Å²) < 4.78 is 5.43. The molecule has 0 radical (unpaired) electrons. The third-order valence-electron chi connectivity index (χ3n) is 5.72. The predicted molar refractivity (Wildman–Crippen MR) is 129 cm³/mol. The van der Waals surface area contributed by atoms with Crippen LogP contribution in [0.5, 0.6) is 5.75 Å². The smallest absolute Gasteiger partial charge is 0.222 e. The number of amides is 1. The molecule has 1 amide bonds. The zero-order valence-electron chi connectivity index (χ0n) is 19.1. The van der Waals surface area contributed by atoms with Gasteiger partial charge in [-0.25, -0.2) is 0 Å². The maximum atomic E-state index is 12.1. The Labute approximate surface area is 191 Å². The summed E-state index contributed by atoms with van der Waals surface area (Å²) in [5.41, 5.74) is 2.33. The summed E-state index contributed by atoms with van der Waals surface area (Å²) in [6.45, 7) is 3.99. The molecule has 1 saturated heterocycles. The van der Waals surface area contributed by atoms with E-state index in [0.29, 0.717) is 25.5 Å². The van der Waals surface area contributed by atoms with Crippen molar-refractivity contribution in [3.8, 4) is 5.75 Å². The van der Waals surface area contributed by atoms with E-state index in [2.05, 4.69) is 38.0 Å². The third kappa shape index (κ3) is 7.27. The molecule has 1 aliphatic rings. The summed E-state index contributed by atoms with van der Waals surface area (Å²) >= 11 is 0. The lowest BCUT2D eigenvalue weighted by atomic mass is 10.1. The number of rotatable bonds is 10. The molecule has 0 aromatic heterocycles. The fraction of sp³-hybridized carbons (Fsp3) is 0.440. The van der Waals surface area contributed by atoms with Crippen molar-refractivity contribution in [1.29, 1.82) is 0 Å². The average Bonchev–Trinajstić information content (AvgIpc) is 3.37. The van der Waals surface area contributed by atoms with Gasteiger partial charge < -0.3 is 20.7 Å². The standard InChI is InChI=1S/C25H35N5O2/c1-26-25(27-14-13-24(31)28-18-20-9-4-3-5-10-20)29-19-23(30-15-6-7-16-30)21-11-8-12-22(17-21)32-2/h3-5,8-12,17,23H,6-7,13-16,18-19H2,1-2H3,(H,28,31)(H2,26,27,29). The minimum atomic E-state index is 0.0168. The van der Waals surface area contributed by atoms with Gasteiger partial charge >= 0.3 is 0 Å². The third-order valence-corrected chi connectivity index (χ3v) is 5.72. The fourth-order valence-electron chi connectivity index (χ4n) is 3.95. The number of guanidine groups is 1. The maximum Gasteiger partial charge on any atom is 0.222 e. The number of nitrogens with zero attached hydrogens (tertiary/aromatic N) is 2. The molecule has 32 heavy (non-hydrogen) atoms. The van der Waals surface area contributed by atoms with Crippen molar-refractivity contribution in [1.82, 2.24) is 20.9 Å². The second kappa shape index (κ2) is 12.7. The lowest BCUT2D eigenvalue weighted by molar-refractivity contribution is -0.121. The monoisotopic (exact) mass is 437 g/mol. The summed E-state index contributed by atoms with van der Waals surface area (Å²) in [6, 6.07) is 18.4. The van der Waals surface area contributed by atoms with Gasteiger partial charge in [0.05, 0.1) is 13.2 Å². The van der Waals surface area contributed by atoms with Crippen LogP contribution >= 0.6 is 0 Å². The Bertz CT molecular complexity index is 866. The van der Waals surface area contributed by atoms with E-state index in [1.54, 1.807) is 14.2 Å². The molecule has 2 aromatic rings. The molecule has 0 saturated carbocycles. The van der Waals surface area contributed by atoms with Crippen molar-refractivity contribution < 1.29 is 9.53 Å². The molecule has 1 heterocycles. The van der Waals surface area contributed by atoms with Crippen LogP contribution in [0.15, 0.2) is 59.6 Å². The highest BCUT2D eigenvalue weighted by atomic mass is 16.5. The van der Waals surface area contributed by atoms with Gasteiger partial charge in [-0.1, -0.05) is 42.5 Å². The van der Waals surface area contributed by atoms with E-state index in [4.69, 9.17) is 4.74 Å². The molecule has 7 heteroatoms. The highest BCUT2D eigenvalue weighted by Crippen LogP contribution is 2.27. The van der Waals surface area contributed by atoms with Crippen molar-refractivity contribution in [3.05, 3.63) is 65.7 Å². The molecule has 1 unspecified atom stereocenters. The van der Waals surface area contributed by atoms with Crippen LogP contribution < -0.4 is 20.7 Å². The first-order valence-corrected chi connectivity index (χ1v) is 11.3. The first-order chi connectivity index (χ1) is 15.7. The number of ether oxygens (including phenoxy) is 1. The number of carbonyl (C=O) groups excluding carboxylic acids is 1. The molecule has 1 atom stereocenters. The molecule has 1 aliphatic heterocycles. The second-order valence-electron chi connectivity index (χ2n) is 7.93. The van der Waals surface area contributed by atoms with Crippen LogP contribution in [0.3, 0.4) is 0 Å². The number of hydrogen-bond donors (Lipinski definition) is 3. The molecule has 3 N–H and O–H groups in total. The normalized spacial score (nSPS) is 15.2. The number of likely N-dealkylation sites (tertiary alicyclic amines) is 1. The predicted octanol–water partition coefficient (Wildman–Crippen LogP) is 2.70. The van der Waals surface area contributed by atoms with Gasteiger partial charge in [0.15, 0.2) is 5.96 Å². The van der Waals surface area contributed by atoms with E-state index in [1.807, 2.05) is 42.5 Å². The van der Waals surface area contributed by atoms with Gasteiger partial charge in [-0.3, -0.25) is 14.7 Å². The summed E-state index contributed by atoms with van der Waals surface area (Å²) in [7, 11) is 3.45. The van der Waals surface area contributed by atoms with Crippen LogP contribution in [-0.2, 0) is 11.3 Å². The van der Waals surface area contributed by atoms with Crippen LogP contribution in [0, 0.1) is 0 Å². The Balaban J connectivity index is 1.47. The van der Waals surface area contributed by atoms with Crippen molar-refractivity contribution >= 4 is 11.9 Å². The zero-order valence-corrected chi connectivity index (χ0v) is 19.1. The van der Waals surface area contributed by atoms with Gasteiger partial charge in [-0.15, -0.1) is 0 Å². The van der Waals surface area contributed by atoms with Crippen LogP contribution in [-0.4, -0.2) is 57.1 Å². The number of nitrogens with one attached hydrogen (secondary N) is 3. The minimum absolute atomic E-state index is 0.0168. The van der Waals surface area contributed by atoms with Crippen LogP contribution in [0.1, 0.15) is 36.4 Å². The molecule has 172 valence electrons. The Morgan fingerprint density at radius 3 is 2.56 bits per heavy atom. The lowest BCUT2D eigenvalue weighted by Gasteiger charge is -2.29. The quantitative estimate of drug-likeness (QED) is 0.394.